The monoisotopic (exact) mass is 350 g/mol. The molecule has 0 aliphatic rings. The van der Waals surface area contributed by atoms with Gasteiger partial charge >= 0.3 is 0 Å². The normalized spacial score (nSPS) is 11.2. The van der Waals surface area contributed by atoms with Crippen molar-refractivity contribution >= 4 is 26.8 Å². The minimum absolute atomic E-state index is 1.03. The largest absolute Gasteiger partial charge is 0.313 e. The predicted molar refractivity (Wildman–Crippen MR) is 92.1 cm³/mol. The van der Waals surface area contributed by atoms with Crippen molar-refractivity contribution in [1.29, 1.82) is 0 Å². The second-order valence-electron chi connectivity index (χ2n) is 5.24. The summed E-state index contributed by atoms with van der Waals surface area (Å²) in [5.74, 6) is 0. The van der Waals surface area contributed by atoms with E-state index < -0.39 is 0 Å². The number of benzene rings is 2. The number of fused-ring (bicyclic) bond motifs is 1. The Labute approximate surface area is 136 Å². The van der Waals surface area contributed by atoms with Gasteiger partial charge in [0.1, 0.15) is 0 Å². The van der Waals surface area contributed by atoms with Crippen LogP contribution in [0.4, 0.5) is 0 Å². The maximum atomic E-state index is 4.09. The Hall–Kier alpha value is -2.33. The lowest BCUT2D eigenvalue weighted by Crippen LogP contribution is -1.98. The molecule has 0 bridgehead atoms. The van der Waals surface area contributed by atoms with Gasteiger partial charge < -0.3 is 4.57 Å². The van der Waals surface area contributed by atoms with Gasteiger partial charge in [0, 0.05) is 27.3 Å². The molecule has 0 fully saturated rings. The second kappa shape index (κ2) is 5.14. The van der Waals surface area contributed by atoms with E-state index in [2.05, 4.69) is 86.1 Å². The molecule has 0 unspecified atom stereocenters. The molecule has 0 amide bonds. The lowest BCUT2D eigenvalue weighted by Gasteiger charge is -2.12. The molecule has 1 N–H and O–H groups in total. The first kappa shape index (κ1) is 13.3. The van der Waals surface area contributed by atoms with Crippen molar-refractivity contribution in [3.05, 3.63) is 71.0 Å². The summed E-state index contributed by atoms with van der Waals surface area (Å²) in [6, 6.07) is 20.0. The summed E-state index contributed by atoms with van der Waals surface area (Å²) < 4.78 is 3.29. The fourth-order valence-corrected chi connectivity index (χ4v) is 2.98. The SMILES string of the molecule is Cc1[c]cc(-c2ccc(Br)cc2)n1-c1ccc2cn[nH]c2c1. The van der Waals surface area contributed by atoms with Crippen LogP contribution in [0.15, 0.2) is 59.2 Å². The Kier molecular flexibility index (Phi) is 3.12. The minimum Gasteiger partial charge on any atom is -0.313 e. The first-order valence-electron chi connectivity index (χ1n) is 7.02. The van der Waals surface area contributed by atoms with Crippen molar-refractivity contribution < 1.29 is 0 Å². The van der Waals surface area contributed by atoms with E-state index in [9.17, 15) is 0 Å². The van der Waals surface area contributed by atoms with Crippen LogP contribution in [0.5, 0.6) is 0 Å². The summed E-state index contributed by atoms with van der Waals surface area (Å²) in [7, 11) is 0. The van der Waals surface area contributed by atoms with Gasteiger partial charge in [-0.25, -0.2) is 0 Å². The number of aryl methyl sites for hydroxylation is 1. The van der Waals surface area contributed by atoms with Crippen molar-refractivity contribution in [1.82, 2.24) is 14.8 Å². The molecular weight excluding hydrogens is 338 g/mol. The number of H-pyrrole nitrogens is 1. The van der Waals surface area contributed by atoms with Crippen LogP contribution in [0.1, 0.15) is 5.69 Å². The van der Waals surface area contributed by atoms with Crippen molar-refractivity contribution in [3.63, 3.8) is 0 Å². The zero-order valence-electron chi connectivity index (χ0n) is 12.0. The number of aromatic nitrogens is 3. The molecule has 4 heteroatoms. The highest BCUT2D eigenvalue weighted by Crippen LogP contribution is 2.28. The van der Waals surface area contributed by atoms with E-state index in [0.717, 1.165) is 38.0 Å². The molecular formula is C18H13BrN3. The number of aromatic amines is 1. The standard InChI is InChI=1S/C18H13BrN3/c1-12-2-9-18(13-3-6-15(19)7-4-13)22(12)16-8-5-14-11-20-21-17(14)10-16/h3-11H,1H3,(H,20,21). The van der Waals surface area contributed by atoms with Crippen LogP contribution >= 0.6 is 15.9 Å². The van der Waals surface area contributed by atoms with Crippen LogP contribution in [-0.4, -0.2) is 14.8 Å². The van der Waals surface area contributed by atoms with Gasteiger partial charge in [0.25, 0.3) is 0 Å². The quantitative estimate of drug-likeness (QED) is 0.548. The maximum Gasteiger partial charge on any atom is 0.0671 e. The molecule has 0 atom stereocenters. The zero-order chi connectivity index (χ0) is 15.1. The summed E-state index contributed by atoms with van der Waals surface area (Å²) in [5, 5.41) is 8.23. The van der Waals surface area contributed by atoms with Crippen molar-refractivity contribution in [2.75, 3.05) is 0 Å². The van der Waals surface area contributed by atoms with Gasteiger partial charge in [-0.15, -0.1) is 0 Å². The summed E-state index contributed by atoms with van der Waals surface area (Å²) in [6.07, 6.45) is 1.84. The fraction of sp³-hybridized carbons (Fsp3) is 0.0556. The van der Waals surface area contributed by atoms with E-state index in [1.165, 1.54) is 0 Å². The minimum atomic E-state index is 1.03. The third-order valence-electron chi connectivity index (χ3n) is 3.82. The van der Waals surface area contributed by atoms with E-state index in [0.29, 0.717) is 0 Å². The molecule has 0 saturated heterocycles. The lowest BCUT2D eigenvalue weighted by atomic mass is 10.1. The second-order valence-corrected chi connectivity index (χ2v) is 6.16. The van der Waals surface area contributed by atoms with E-state index in [1.54, 1.807) is 0 Å². The molecule has 22 heavy (non-hydrogen) atoms. The molecule has 0 spiro atoms. The molecule has 2 aromatic carbocycles. The Morgan fingerprint density at radius 1 is 1.14 bits per heavy atom. The molecule has 2 heterocycles. The van der Waals surface area contributed by atoms with Gasteiger partial charge in [0.15, 0.2) is 0 Å². The first-order valence-corrected chi connectivity index (χ1v) is 7.81. The third kappa shape index (κ3) is 2.16. The summed E-state index contributed by atoms with van der Waals surface area (Å²) in [5.41, 5.74) is 5.51. The highest BCUT2D eigenvalue weighted by molar-refractivity contribution is 9.10. The van der Waals surface area contributed by atoms with Gasteiger partial charge in [0.05, 0.1) is 17.4 Å². The van der Waals surface area contributed by atoms with E-state index in [-0.39, 0.29) is 0 Å². The maximum absolute atomic E-state index is 4.09. The Morgan fingerprint density at radius 2 is 1.95 bits per heavy atom. The lowest BCUT2D eigenvalue weighted by molar-refractivity contribution is 1.02. The Morgan fingerprint density at radius 3 is 2.77 bits per heavy atom. The zero-order valence-corrected chi connectivity index (χ0v) is 13.6. The Balaban J connectivity index is 1.91. The highest BCUT2D eigenvalue weighted by atomic mass is 79.9. The number of nitrogens with one attached hydrogen (secondary N) is 1. The van der Waals surface area contributed by atoms with Crippen molar-refractivity contribution in [2.24, 2.45) is 0 Å². The van der Waals surface area contributed by atoms with Crippen LogP contribution in [-0.2, 0) is 0 Å². The molecule has 0 aliphatic heterocycles. The number of hydrogen-bond acceptors (Lipinski definition) is 1. The van der Waals surface area contributed by atoms with Crippen molar-refractivity contribution in [3.8, 4) is 16.9 Å². The molecule has 0 saturated carbocycles. The van der Waals surface area contributed by atoms with Crippen LogP contribution in [0.2, 0.25) is 0 Å². The predicted octanol–water partition coefficient (Wildman–Crippen LogP) is 4.89. The number of rotatable bonds is 2. The topological polar surface area (TPSA) is 33.6 Å². The molecule has 4 aromatic rings. The summed E-state index contributed by atoms with van der Waals surface area (Å²) in [4.78, 5) is 0. The third-order valence-corrected chi connectivity index (χ3v) is 4.35. The molecule has 0 aliphatic carbocycles. The van der Waals surface area contributed by atoms with Crippen LogP contribution in [0.25, 0.3) is 27.8 Å². The highest BCUT2D eigenvalue weighted by Gasteiger charge is 2.10. The average molecular weight is 351 g/mol. The average Bonchev–Trinajstić information content (AvgIpc) is 3.13. The number of nitrogens with zero attached hydrogens (tertiary/aromatic N) is 2. The van der Waals surface area contributed by atoms with Gasteiger partial charge in [-0.05, 0) is 48.9 Å². The van der Waals surface area contributed by atoms with Crippen LogP contribution in [0, 0.1) is 13.0 Å². The van der Waals surface area contributed by atoms with Crippen LogP contribution in [0.3, 0.4) is 0 Å². The van der Waals surface area contributed by atoms with Crippen LogP contribution < -0.4 is 0 Å². The van der Waals surface area contributed by atoms with E-state index in [1.807, 2.05) is 12.3 Å². The number of hydrogen-bond donors (Lipinski definition) is 1. The van der Waals surface area contributed by atoms with Gasteiger partial charge in [-0.3, -0.25) is 5.10 Å². The molecule has 107 valence electrons. The summed E-state index contributed by atoms with van der Waals surface area (Å²) in [6.45, 7) is 2.07. The van der Waals surface area contributed by atoms with E-state index in [4.69, 9.17) is 0 Å². The van der Waals surface area contributed by atoms with Gasteiger partial charge in [-0.1, -0.05) is 28.1 Å². The fourth-order valence-electron chi connectivity index (χ4n) is 2.71. The molecule has 3 nitrogen and oxygen atoms in total. The van der Waals surface area contributed by atoms with Crippen molar-refractivity contribution in [2.45, 2.75) is 6.92 Å². The Bertz CT molecular complexity index is 948. The molecule has 2 aromatic heterocycles. The first-order chi connectivity index (χ1) is 10.7. The molecule has 4 rings (SSSR count). The van der Waals surface area contributed by atoms with Gasteiger partial charge in [0.2, 0.25) is 0 Å². The number of halogens is 1. The summed E-state index contributed by atoms with van der Waals surface area (Å²) >= 11 is 3.48. The molecule has 1 radical (unpaired) electrons. The van der Waals surface area contributed by atoms with Gasteiger partial charge in [-0.2, -0.15) is 5.10 Å². The smallest absolute Gasteiger partial charge is 0.0671 e. The van der Waals surface area contributed by atoms with E-state index >= 15 is 0 Å².